The Morgan fingerprint density at radius 2 is 1.74 bits per heavy atom. The van der Waals surface area contributed by atoms with Crippen molar-refractivity contribution in [2.24, 2.45) is 5.41 Å². The van der Waals surface area contributed by atoms with Gasteiger partial charge in [0.1, 0.15) is 5.75 Å². The number of thiol groups is 1. The van der Waals surface area contributed by atoms with Crippen LogP contribution < -0.4 is 4.74 Å². The number of thioether (sulfide) groups is 1. The van der Waals surface area contributed by atoms with Gasteiger partial charge >= 0.3 is 0 Å². The molecule has 1 aromatic carbocycles. The molecule has 1 nitrogen and oxygen atoms in total. The van der Waals surface area contributed by atoms with Gasteiger partial charge in [-0.2, -0.15) is 12.6 Å². The molecule has 0 bridgehead atoms. The maximum atomic E-state index is 5.20. The Morgan fingerprint density at radius 1 is 1.11 bits per heavy atom. The third-order valence-electron chi connectivity index (χ3n) is 4.10. The van der Waals surface area contributed by atoms with Gasteiger partial charge in [-0.1, -0.05) is 25.7 Å². The fraction of sp³-hybridized carbons (Fsp3) is 0.625. The minimum Gasteiger partial charge on any atom is -0.497 e. The molecule has 0 spiro atoms. The van der Waals surface area contributed by atoms with Crippen molar-refractivity contribution in [2.75, 3.05) is 18.6 Å². The Labute approximate surface area is 126 Å². The number of benzene rings is 1. The first kappa shape index (κ1) is 15.1. The van der Waals surface area contributed by atoms with Crippen LogP contribution in [-0.4, -0.2) is 18.6 Å². The predicted molar refractivity (Wildman–Crippen MR) is 87.7 cm³/mol. The lowest BCUT2D eigenvalue weighted by Gasteiger charge is -2.30. The SMILES string of the molecule is COc1ccc(SCC2(CS)CCCCCC2)cc1. The van der Waals surface area contributed by atoms with Crippen LogP contribution in [-0.2, 0) is 0 Å². The Morgan fingerprint density at radius 3 is 2.26 bits per heavy atom. The van der Waals surface area contributed by atoms with E-state index in [-0.39, 0.29) is 0 Å². The molecule has 0 unspecified atom stereocenters. The maximum absolute atomic E-state index is 5.20. The molecular weight excluding hydrogens is 272 g/mol. The van der Waals surface area contributed by atoms with Gasteiger partial charge in [0.25, 0.3) is 0 Å². The first-order valence-electron chi connectivity index (χ1n) is 7.16. The van der Waals surface area contributed by atoms with Gasteiger partial charge < -0.3 is 4.74 Å². The molecule has 106 valence electrons. The van der Waals surface area contributed by atoms with Gasteiger partial charge in [0.2, 0.25) is 0 Å². The van der Waals surface area contributed by atoms with E-state index in [1.54, 1.807) is 7.11 Å². The molecule has 1 aromatic rings. The zero-order valence-corrected chi connectivity index (χ0v) is 13.4. The summed E-state index contributed by atoms with van der Waals surface area (Å²) in [5, 5.41) is 0. The van der Waals surface area contributed by atoms with Crippen LogP contribution in [0.2, 0.25) is 0 Å². The van der Waals surface area contributed by atoms with Crippen LogP contribution in [0.4, 0.5) is 0 Å². The highest BCUT2D eigenvalue weighted by molar-refractivity contribution is 7.99. The largest absolute Gasteiger partial charge is 0.497 e. The molecule has 0 N–H and O–H groups in total. The summed E-state index contributed by atoms with van der Waals surface area (Å²) >= 11 is 6.62. The molecule has 2 rings (SSSR count). The monoisotopic (exact) mass is 296 g/mol. The van der Waals surface area contributed by atoms with E-state index in [1.165, 1.54) is 49.2 Å². The second kappa shape index (κ2) is 7.49. The van der Waals surface area contributed by atoms with Crippen LogP contribution in [0.3, 0.4) is 0 Å². The van der Waals surface area contributed by atoms with Gasteiger partial charge in [0.05, 0.1) is 7.11 Å². The first-order valence-corrected chi connectivity index (χ1v) is 8.78. The van der Waals surface area contributed by atoms with Gasteiger partial charge in [0.15, 0.2) is 0 Å². The second-order valence-electron chi connectivity index (χ2n) is 5.54. The fourth-order valence-corrected chi connectivity index (χ4v) is 4.51. The summed E-state index contributed by atoms with van der Waals surface area (Å²) in [6.07, 6.45) is 8.26. The number of methoxy groups -OCH3 is 1. The molecule has 1 aliphatic rings. The van der Waals surface area contributed by atoms with E-state index in [4.69, 9.17) is 4.74 Å². The average molecular weight is 297 g/mol. The summed E-state index contributed by atoms with van der Waals surface area (Å²) in [7, 11) is 1.71. The zero-order valence-electron chi connectivity index (χ0n) is 11.7. The Bertz CT molecular complexity index is 367. The lowest BCUT2D eigenvalue weighted by molar-refractivity contribution is 0.332. The van der Waals surface area contributed by atoms with Gasteiger partial charge in [-0.3, -0.25) is 0 Å². The Hall–Kier alpha value is -0.280. The second-order valence-corrected chi connectivity index (χ2v) is 6.90. The van der Waals surface area contributed by atoms with Crippen molar-refractivity contribution in [1.82, 2.24) is 0 Å². The summed E-state index contributed by atoms with van der Waals surface area (Å²) in [6.45, 7) is 0. The lowest BCUT2D eigenvalue weighted by Crippen LogP contribution is -2.25. The van der Waals surface area contributed by atoms with Crippen LogP contribution >= 0.6 is 24.4 Å². The highest BCUT2D eigenvalue weighted by Gasteiger charge is 2.29. The highest BCUT2D eigenvalue weighted by Crippen LogP contribution is 2.40. The van der Waals surface area contributed by atoms with Gasteiger partial charge in [-0.05, 0) is 48.3 Å². The normalized spacial score (nSPS) is 18.8. The van der Waals surface area contributed by atoms with Crippen LogP contribution in [0.5, 0.6) is 5.75 Å². The highest BCUT2D eigenvalue weighted by atomic mass is 32.2. The predicted octanol–water partition coefficient (Wildman–Crippen LogP) is 5.06. The number of hydrogen-bond donors (Lipinski definition) is 1. The maximum Gasteiger partial charge on any atom is 0.118 e. The molecule has 1 aliphatic carbocycles. The van der Waals surface area contributed by atoms with E-state index in [0.29, 0.717) is 5.41 Å². The summed E-state index contributed by atoms with van der Waals surface area (Å²) in [6, 6.07) is 8.41. The summed E-state index contributed by atoms with van der Waals surface area (Å²) in [5.74, 6) is 3.15. The van der Waals surface area contributed by atoms with E-state index in [0.717, 1.165) is 11.5 Å². The number of ether oxygens (including phenoxy) is 1. The van der Waals surface area contributed by atoms with Crippen molar-refractivity contribution in [1.29, 1.82) is 0 Å². The molecule has 1 saturated carbocycles. The van der Waals surface area contributed by atoms with E-state index < -0.39 is 0 Å². The third-order valence-corrected chi connectivity index (χ3v) is 6.14. The fourth-order valence-electron chi connectivity index (χ4n) is 2.74. The average Bonchev–Trinajstić information content (AvgIpc) is 2.72. The smallest absolute Gasteiger partial charge is 0.118 e. The third kappa shape index (κ3) is 4.35. The van der Waals surface area contributed by atoms with Gasteiger partial charge in [-0.25, -0.2) is 0 Å². The Balaban J connectivity index is 1.94. The quantitative estimate of drug-likeness (QED) is 0.462. The van der Waals surface area contributed by atoms with Crippen LogP contribution in [0.1, 0.15) is 38.5 Å². The minimum absolute atomic E-state index is 0.449. The molecule has 0 amide bonds. The van der Waals surface area contributed by atoms with Gasteiger partial charge in [0, 0.05) is 10.6 Å². The molecule has 0 aliphatic heterocycles. The van der Waals surface area contributed by atoms with Crippen LogP contribution in [0.15, 0.2) is 29.2 Å². The molecule has 1 fully saturated rings. The molecule has 0 aromatic heterocycles. The van der Waals surface area contributed by atoms with Crippen molar-refractivity contribution in [2.45, 2.75) is 43.4 Å². The van der Waals surface area contributed by atoms with Crippen molar-refractivity contribution in [3.63, 3.8) is 0 Å². The van der Waals surface area contributed by atoms with Crippen LogP contribution in [0.25, 0.3) is 0 Å². The van der Waals surface area contributed by atoms with E-state index in [2.05, 4.69) is 24.8 Å². The number of hydrogen-bond acceptors (Lipinski definition) is 3. The molecule has 0 heterocycles. The standard InChI is InChI=1S/C16H24OS2/c1-17-14-6-8-15(9-7-14)19-13-16(12-18)10-4-2-3-5-11-16/h6-9,18H,2-5,10-13H2,1H3. The summed E-state index contributed by atoms with van der Waals surface area (Å²) in [5.41, 5.74) is 0.449. The topological polar surface area (TPSA) is 9.23 Å². The van der Waals surface area contributed by atoms with Gasteiger partial charge in [-0.15, -0.1) is 11.8 Å². The molecule has 0 radical (unpaired) electrons. The van der Waals surface area contributed by atoms with Crippen molar-refractivity contribution < 1.29 is 4.74 Å². The number of rotatable bonds is 5. The zero-order chi connectivity index (χ0) is 13.6. The summed E-state index contributed by atoms with van der Waals surface area (Å²) in [4.78, 5) is 1.34. The molecule has 0 atom stereocenters. The molecule has 19 heavy (non-hydrogen) atoms. The Kier molecular flexibility index (Phi) is 5.96. The first-order chi connectivity index (χ1) is 9.28. The minimum atomic E-state index is 0.449. The van der Waals surface area contributed by atoms with E-state index in [9.17, 15) is 0 Å². The lowest BCUT2D eigenvalue weighted by atomic mass is 9.84. The molecular formula is C16H24OS2. The van der Waals surface area contributed by atoms with E-state index >= 15 is 0 Å². The van der Waals surface area contributed by atoms with Crippen molar-refractivity contribution >= 4 is 24.4 Å². The van der Waals surface area contributed by atoms with Crippen LogP contribution in [0, 0.1) is 5.41 Å². The van der Waals surface area contributed by atoms with Crippen molar-refractivity contribution in [3.8, 4) is 5.75 Å². The molecule has 0 saturated heterocycles. The summed E-state index contributed by atoms with van der Waals surface area (Å²) < 4.78 is 5.20. The molecule has 3 heteroatoms. The van der Waals surface area contributed by atoms with E-state index in [1.807, 2.05) is 23.9 Å². The van der Waals surface area contributed by atoms with Crippen molar-refractivity contribution in [3.05, 3.63) is 24.3 Å².